The van der Waals surface area contributed by atoms with Crippen molar-refractivity contribution in [3.05, 3.63) is 57.0 Å². The number of benzene rings is 2. The maximum Gasteiger partial charge on any atom is 0.338 e. The fraction of sp³-hybridized carbons (Fsp3) is 0.222. The van der Waals surface area contributed by atoms with E-state index in [0.717, 1.165) is 12.8 Å². The summed E-state index contributed by atoms with van der Waals surface area (Å²) in [6, 6.07) is 7.97. The Morgan fingerprint density at radius 3 is 2.24 bits per heavy atom. The third kappa shape index (κ3) is 5.83. The van der Waals surface area contributed by atoms with E-state index in [-0.39, 0.29) is 37.3 Å². The average molecular weight is 478 g/mol. The number of carbonyl (C=O) groups is 2. The summed E-state index contributed by atoms with van der Waals surface area (Å²) in [6.45, 7) is -0.571. The van der Waals surface area contributed by atoms with E-state index in [1.54, 1.807) is 0 Å². The first kappa shape index (κ1) is 21.9. The van der Waals surface area contributed by atoms with E-state index >= 15 is 0 Å². The SMILES string of the molecule is O=C(COC(=O)c1ccc(S(=O)(=O)NC2CC2)cc1)Nc1cc(Cl)c(Cl)cc1Cl. The molecule has 1 amide bonds. The first-order valence-corrected chi connectivity index (χ1v) is 11.0. The highest BCUT2D eigenvalue weighted by atomic mass is 35.5. The summed E-state index contributed by atoms with van der Waals surface area (Å²) < 4.78 is 31.7. The van der Waals surface area contributed by atoms with E-state index in [2.05, 4.69) is 10.0 Å². The summed E-state index contributed by atoms with van der Waals surface area (Å²) in [5.74, 6) is -1.41. The number of halogens is 3. The number of amides is 1. The number of hydrogen-bond donors (Lipinski definition) is 2. The zero-order chi connectivity index (χ0) is 21.2. The summed E-state index contributed by atoms with van der Waals surface area (Å²) in [5, 5.41) is 3.07. The van der Waals surface area contributed by atoms with Crippen LogP contribution in [0.25, 0.3) is 0 Å². The third-order valence-corrected chi connectivity index (χ3v) is 6.49. The van der Waals surface area contributed by atoms with Crippen molar-refractivity contribution in [3.8, 4) is 0 Å². The molecule has 0 spiro atoms. The Hall–Kier alpha value is -1.84. The van der Waals surface area contributed by atoms with Gasteiger partial charge in [-0.1, -0.05) is 34.8 Å². The number of nitrogens with one attached hydrogen (secondary N) is 2. The first-order valence-electron chi connectivity index (χ1n) is 8.39. The molecule has 7 nitrogen and oxygen atoms in total. The van der Waals surface area contributed by atoms with E-state index in [0.29, 0.717) is 0 Å². The van der Waals surface area contributed by atoms with Crippen LogP contribution in [0.2, 0.25) is 15.1 Å². The van der Waals surface area contributed by atoms with Crippen LogP contribution < -0.4 is 10.0 Å². The van der Waals surface area contributed by atoms with Crippen LogP contribution >= 0.6 is 34.8 Å². The predicted molar refractivity (Wildman–Crippen MR) is 110 cm³/mol. The quantitative estimate of drug-likeness (QED) is 0.465. The van der Waals surface area contributed by atoms with E-state index in [1.165, 1.54) is 36.4 Å². The van der Waals surface area contributed by atoms with Gasteiger partial charge in [-0.2, -0.15) is 0 Å². The van der Waals surface area contributed by atoms with Crippen LogP contribution in [0.1, 0.15) is 23.2 Å². The minimum absolute atomic E-state index is 0.0211. The van der Waals surface area contributed by atoms with Gasteiger partial charge in [-0.3, -0.25) is 4.79 Å². The maximum absolute atomic E-state index is 12.1. The van der Waals surface area contributed by atoms with Crippen LogP contribution in [-0.2, 0) is 19.6 Å². The average Bonchev–Trinajstić information content (AvgIpc) is 3.47. The van der Waals surface area contributed by atoms with Crippen molar-refractivity contribution in [2.45, 2.75) is 23.8 Å². The number of sulfonamides is 1. The predicted octanol–water partition coefficient (Wildman–Crippen LogP) is 3.88. The van der Waals surface area contributed by atoms with Gasteiger partial charge in [0.1, 0.15) is 0 Å². The van der Waals surface area contributed by atoms with E-state index in [1.807, 2.05) is 0 Å². The van der Waals surface area contributed by atoms with Gasteiger partial charge in [-0.25, -0.2) is 17.9 Å². The molecule has 0 heterocycles. The minimum Gasteiger partial charge on any atom is -0.452 e. The molecule has 0 saturated heterocycles. The van der Waals surface area contributed by atoms with Crippen LogP contribution in [-0.4, -0.2) is 32.9 Å². The highest BCUT2D eigenvalue weighted by molar-refractivity contribution is 7.89. The largest absolute Gasteiger partial charge is 0.452 e. The Kier molecular flexibility index (Phi) is 6.70. The second kappa shape index (κ2) is 8.89. The molecule has 1 fully saturated rings. The van der Waals surface area contributed by atoms with Crippen molar-refractivity contribution in [3.63, 3.8) is 0 Å². The molecule has 0 unspecified atom stereocenters. The molecule has 0 aromatic heterocycles. The van der Waals surface area contributed by atoms with Gasteiger partial charge >= 0.3 is 5.97 Å². The lowest BCUT2D eigenvalue weighted by molar-refractivity contribution is -0.119. The number of ether oxygens (including phenoxy) is 1. The Morgan fingerprint density at radius 2 is 1.62 bits per heavy atom. The molecule has 0 bridgehead atoms. The fourth-order valence-electron chi connectivity index (χ4n) is 2.28. The fourth-order valence-corrected chi connectivity index (χ4v) is 4.18. The molecular formula is C18H15Cl3N2O5S. The third-order valence-electron chi connectivity index (χ3n) is 3.92. The van der Waals surface area contributed by atoms with Crippen LogP contribution in [0.4, 0.5) is 5.69 Å². The second-order valence-corrected chi connectivity index (χ2v) is 9.23. The lowest BCUT2D eigenvalue weighted by atomic mass is 10.2. The number of hydrogen-bond acceptors (Lipinski definition) is 5. The van der Waals surface area contributed by atoms with Crippen molar-refractivity contribution in [2.75, 3.05) is 11.9 Å². The van der Waals surface area contributed by atoms with Crippen LogP contribution in [0.5, 0.6) is 0 Å². The standard InChI is InChI=1S/C18H15Cl3N2O5S/c19-13-7-15(21)16(8-14(13)20)22-17(24)9-28-18(25)10-1-5-12(6-2-10)29(26,27)23-11-3-4-11/h1-2,5-8,11,23H,3-4,9H2,(H,22,24). The van der Waals surface area contributed by atoms with Gasteiger partial charge in [0.25, 0.3) is 5.91 Å². The number of esters is 1. The molecule has 2 aromatic carbocycles. The summed E-state index contributed by atoms with van der Waals surface area (Å²) in [7, 11) is -3.61. The van der Waals surface area contributed by atoms with Gasteiger partial charge in [0, 0.05) is 6.04 Å². The van der Waals surface area contributed by atoms with Crippen molar-refractivity contribution in [1.82, 2.24) is 4.72 Å². The van der Waals surface area contributed by atoms with E-state index in [9.17, 15) is 18.0 Å². The molecule has 2 N–H and O–H groups in total. The Bertz CT molecular complexity index is 1050. The highest BCUT2D eigenvalue weighted by Crippen LogP contribution is 2.32. The maximum atomic E-state index is 12.1. The number of rotatable bonds is 7. The molecular weight excluding hydrogens is 463 g/mol. The van der Waals surface area contributed by atoms with Crippen LogP contribution in [0.3, 0.4) is 0 Å². The molecule has 0 radical (unpaired) electrons. The van der Waals surface area contributed by atoms with Crippen molar-refractivity contribution < 1.29 is 22.7 Å². The van der Waals surface area contributed by atoms with Gasteiger partial charge in [0.2, 0.25) is 10.0 Å². The molecule has 1 aliphatic carbocycles. The molecule has 154 valence electrons. The molecule has 0 atom stereocenters. The second-order valence-electron chi connectivity index (χ2n) is 6.29. The Labute approximate surface area is 182 Å². The van der Waals surface area contributed by atoms with Crippen LogP contribution in [0, 0.1) is 0 Å². The summed E-state index contributed by atoms with van der Waals surface area (Å²) in [6.07, 6.45) is 1.64. The van der Waals surface area contributed by atoms with Crippen molar-refractivity contribution in [2.24, 2.45) is 0 Å². The zero-order valence-corrected chi connectivity index (χ0v) is 17.8. The summed E-state index contributed by atoms with van der Waals surface area (Å²) >= 11 is 17.7. The minimum atomic E-state index is -3.61. The smallest absolute Gasteiger partial charge is 0.338 e. The first-order chi connectivity index (χ1) is 13.7. The van der Waals surface area contributed by atoms with Gasteiger partial charge in [-0.15, -0.1) is 0 Å². The van der Waals surface area contributed by atoms with E-state index in [4.69, 9.17) is 39.5 Å². The molecule has 1 saturated carbocycles. The van der Waals surface area contributed by atoms with Gasteiger partial charge in [0.05, 0.1) is 31.2 Å². The van der Waals surface area contributed by atoms with E-state index < -0.39 is 28.5 Å². The highest BCUT2D eigenvalue weighted by Gasteiger charge is 2.28. The number of anilines is 1. The molecule has 3 rings (SSSR count). The van der Waals surface area contributed by atoms with Gasteiger partial charge < -0.3 is 10.1 Å². The van der Waals surface area contributed by atoms with Crippen molar-refractivity contribution in [1.29, 1.82) is 0 Å². The lowest BCUT2D eigenvalue weighted by Crippen LogP contribution is -2.25. The Morgan fingerprint density at radius 1 is 1.00 bits per heavy atom. The molecule has 2 aromatic rings. The molecule has 0 aliphatic heterocycles. The summed E-state index contributed by atoms with van der Waals surface area (Å²) in [4.78, 5) is 24.1. The zero-order valence-electron chi connectivity index (χ0n) is 14.7. The van der Waals surface area contributed by atoms with Crippen LogP contribution in [0.15, 0.2) is 41.3 Å². The molecule has 29 heavy (non-hydrogen) atoms. The number of carbonyl (C=O) groups excluding carboxylic acids is 2. The Balaban J connectivity index is 1.56. The lowest BCUT2D eigenvalue weighted by Gasteiger charge is -2.10. The van der Waals surface area contributed by atoms with Gasteiger partial charge in [-0.05, 0) is 49.2 Å². The summed E-state index contributed by atoms with van der Waals surface area (Å²) in [5.41, 5.74) is 0.329. The molecule has 11 heteroatoms. The normalized spacial score (nSPS) is 13.8. The van der Waals surface area contributed by atoms with Crippen molar-refractivity contribution >= 4 is 62.4 Å². The van der Waals surface area contributed by atoms with Gasteiger partial charge in [0.15, 0.2) is 6.61 Å². The topological polar surface area (TPSA) is 102 Å². The monoisotopic (exact) mass is 476 g/mol. The molecule has 1 aliphatic rings.